The highest BCUT2D eigenvalue weighted by Gasteiger charge is 2.53. The van der Waals surface area contributed by atoms with Gasteiger partial charge in [-0.2, -0.15) is 11.8 Å². The van der Waals surface area contributed by atoms with Crippen LogP contribution in [0.4, 0.5) is 5.69 Å². The van der Waals surface area contributed by atoms with Crippen molar-refractivity contribution in [2.45, 2.75) is 25.9 Å². The first-order chi connectivity index (χ1) is 12.4. The quantitative estimate of drug-likeness (QED) is 0.724. The van der Waals surface area contributed by atoms with Crippen molar-refractivity contribution in [1.29, 1.82) is 0 Å². The van der Waals surface area contributed by atoms with Crippen molar-refractivity contribution >= 4 is 35.2 Å². The molecule has 2 N–H and O–H groups in total. The molecular formula is C18H22N2O5S. The number of hydrogen-bond acceptors (Lipinski definition) is 6. The molecule has 0 aliphatic carbocycles. The molecule has 26 heavy (non-hydrogen) atoms. The summed E-state index contributed by atoms with van der Waals surface area (Å²) in [6.45, 7) is 1.35. The van der Waals surface area contributed by atoms with E-state index < -0.39 is 11.5 Å². The van der Waals surface area contributed by atoms with Crippen LogP contribution >= 0.6 is 11.8 Å². The molecule has 0 unspecified atom stereocenters. The molecule has 1 aromatic rings. The predicted octanol–water partition coefficient (Wildman–Crippen LogP) is 1.27. The van der Waals surface area contributed by atoms with Gasteiger partial charge in [0.2, 0.25) is 17.7 Å². The van der Waals surface area contributed by atoms with E-state index in [0.29, 0.717) is 17.2 Å². The summed E-state index contributed by atoms with van der Waals surface area (Å²) in [6.07, 6.45) is 0.0188. The highest BCUT2D eigenvalue weighted by atomic mass is 32.2. The molecule has 7 nitrogen and oxygen atoms in total. The van der Waals surface area contributed by atoms with Crippen molar-refractivity contribution in [3.8, 4) is 5.75 Å². The highest BCUT2D eigenvalue weighted by molar-refractivity contribution is 7.99. The number of thioether (sulfide) groups is 1. The minimum atomic E-state index is -0.956. The zero-order valence-electron chi connectivity index (χ0n) is 14.6. The molecule has 3 amide bonds. The summed E-state index contributed by atoms with van der Waals surface area (Å²) >= 11 is 1.70. The molecule has 0 bridgehead atoms. The number of hydrogen-bond donors (Lipinski definition) is 2. The minimum Gasteiger partial charge on any atom is -0.491 e. The maximum absolute atomic E-state index is 12.6. The summed E-state index contributed by atoms with van der Waals surface area (Å²) in [7, 11) is 0. The molecule has 0 saturated carbocycles. The average Bonchev–Trinajstić information content (AvgIpc) is 3.15. The van der Waals surface area contributed by atoms with Crippen molar-refractivity contribution in [3.63, 3.8) is 0 Å². The fraction of sp³-hybridized carbons (Fsp3) is 0.500. The van der Waals surface area contributed by atoms with E-state index >= 15 is 0 Å². The summed E-state index contributed by atoms with van der Waals surface area (Å²) in [5.41, 5.74) is 0.0976. The molecule has 140 valence electrons. The Kier molecular flexibility index (Phi) is 5.52. The largest absolute Gasteiger partial charge is 0.491 e. The van der Waals surface area contributed by atoms with Crippen molar-refractivity contribution < 1.29 is 24.2 Å². The summed E-state index contributed by atoms with van der Waals surface area (Å²) in [4.78, 5) is 36.9. The Labute approximate surface area is 156 Å². The van der Waals surface area contributed by atoms with E-state index in [1.807, 2.05) is 0 Å². The zero-order chi connectivity index (χ0) is 18.7. The summed E-state index contributed by atoms with van der Waals surface area (Å²) in [6, 6.07) is 6.74. The predicted molar refractivity (Wildman–Crippen MR) is 98.0 cm³/mol. The number of rotatable bonds is 6. The number of β-amino-alcohol motifs (C(OH)–C–C–N with tert-alkyl or cyclic N) is 1. The van der Waals surface area contributed by atoms with Gasteiger partial charge in [0.15, 0.2) is 0 Å². The normalized spacial score (nSPS) is 23.5. The molecule has 2 aliphatic rings. The fourth-order valence-corrected chi connectivity index (χ4v) is 4.69. The van der Waals surface area contributed by atoms with E-state index in [9.17, 15) is 19.5 Å². The Balaban J connectivity index is 1.51. The molecule has 0 radical (unpaired) electrons. The van der Waals surface area contributed by atoms with Crippen LogP contribution in [0, 0.1) is 5.41 Å². The van der Waals surface area contributed by atoms with Gasteiger partial charge in [-0.1, -0.05) is 0 Å². The lowest BCUT2D eigenvalue weighted by atomic mass is 9.86. The van der Waals surface area contributed by atoms with Crippen LogP contribution in [-0.2, 0) is 14.4 Å². The third-order valence-corrected chi connectivity index (χ3v) is 5.85. The standard InChI is InChI=1S/C18H22N2O5S/c1-12(21)19-13-2-4-15(5-3-13)25-10-14(22)9-20-16(23)8-18(17(20)24)6-7-26-11-18/h2-5,14,22H,6-11H2,1H3,(H,19,21)/t14-,18+/m0/s1. The Morgan fingerprint density at radius 2 is 2.12 bits per heavy atom. The third-order valence-electron chi connectivity index (χ3n) is 4.60. The van der Waals surface area contributed by atoms with E-state index in [0.717, 1.165) is 12.2 Å². The first-order valence-corrected chi connectivity index (χ1v) is 9.66. The number of likely N-dealkylation sites (tertiary alicyclic amines) is 1. The molecule has 2 fully saturated rings. The number of aliphatic hydroxyl groups excluding tert-OH is 1. The number of nitrogens with zero attached hydrogens (tertiary/aromatic N) is 1. The van der Waals surface area contributed by atoms with Gasteiger partial charge in [-0.15, -0.1) is 0 Å². The smallest absolute Gasteiger partial charge is 0.236 e. The molecule has 3 rings (SSSR count). The Hall–Kier alpha value is -2.06. The molecular weight excluding hydrogens is 356 g/mol. The van der Waals surface area contributed by atoms with Crippen LogP contribution in [0.3, 0.4) is 0 Å². The van der Waals surface area contributed by atoms with Crippen LogP contribution in [0.15, 0.2) is 24.3 Å². The fourth-order valence-electron chi connectivity index (χ4n) is 3.25. The van der Waals surface area contributed by atoms with Gasteiger partial charge in [-0.25, -0.2) is 0 Å². The van der Waals surface area contributed by atoms with Gasteiger partial charge in [0.25, 0.3) is 0 Å². The molecule has 8 heteroatoms. The van der Waals surface area contributed by atoms with Gasteiger partial charge in [0.05, 0.1) is 12.0 Å². The topological polar surface area (TPSA) is 95.9 Å². The van der Waals surface area contributed by atoms with Gasteiger partial charge in [-0.3, -0.25) is 19.3 Å². The van der Waals surface area contributed by atoms with Crippen molar-refractivity contribution in [1.82, 2.24) is 4.90 Å². The highest BCUT2D eigenvalue weighted by Crippen LogP contribution is 2.44. The average molecular weight is 378 g/mol. The number of nitrogens with one attached hydrogen (secondary N) is 1. The number of carbonyl (C=O) groups excluding carboxylic acids is 3. The lowest BCUT2D eigenvalue weighted by Crippen LogP contribution is -2.41. The second kappa shape index (κ2) is 7.67. The second-order valence-electron chi connectivity index (χ2n) is 6.74. The van der Waals surface area contributed by atoms with Crippen molar-refractivity contribution in [3.05, 3.63) is 24.3 Å². The molecule has 1 spiro atoms. The van der Waals surface area contributed by atoms with Crippen LogP contribution in [0.5, 0.6) is 5.75 Å². The first-order valence-electron chi connectivity index (χ1n) is 8.51. The maximum atomic E-state index is 12.6. The van der Waals surface area contributed by atoms with Crippen LogP contribution < -0.4 is 10.1 Å². The van der Waals surface area contributed by atoms with Crippen molar-refractivity contribution in [2.75, 3.05) is 30.0 Å². The summed E-state index contributed by atoms with van der Waals surface area (Å²) in [5, 5.41) is 12.8. The van der Waals surface area contributed by atoms with E-state index in [1.54, 1.807) is 36.0 Å². The van der Waals surface area contributed by atoms with Gasteiger partial charge >= 0.3 is 0 Å². The van der Waals surface area contributed by atoms with Gasteiger partial charge < -0.3 is 15.2 Å². The number of aliphatic hydroxyl groups is 1. The second-order valence-corrected chi connectivity index (χ2v) is 7.84. The third kappa shape index (κ3) is 4.02. The SMILES string of the molecule is CC(=O)Nc1ccc(OC[C@@H](O)CN2C(=O)C[C@@]3(CCSC3)C2=O)cc1. The molecule has 2 atom stereocenters. The maximum Gasteiger partial charge on any atom is 0.236 e. The monoisotopic (exact) mass is 378 g/mol. The zero-order valence-corrected chi connectivity index (χ0v) is 15.4. The summed E-state index contributed by atoms with van der Waals surface area (Å²) in [5.74, 6) is 1.57. The van der Waals surface area contributed by atoms with Crippen LogP contribution in [-0.4, -0.2) is 58.5 Å². The van der Waals surface area contributed by atoms with Gasteiger partial charge in [-0.05, 0) is 36.4 Å². The lowest BCUT2D eigenvalue weighted by Gasteiger charge is -2.22. The number of ether oxygens (including phenoxy) is 1. The number of anilines is 1. The Morgan fingerprint density at radius 1 is 1.38 bits per heavy atom. The molecule has 2 saturated heterocycles. The Bertz CT molecular complexity index is 700. The molecule has 1 aromatic carbocycles. The van der Waals surface area contributed by atoms with E-state index in [1.165, 1.54) is 11.8 Å². The molecule has 0 aromatic heterocycles. The minimum absolute atomic E-state index is 0.0295. The number of imide groups is 1. The van der Waals surface area contributed by atoms with E-state index in [2.05, 4.69) is 5.32 Å². The van der Waals surface area contributed by atoms with Crippen LogP contribution in [0.1, 0.15) is 19.8 Å². The van der Waals surface area contributed by atoms with E-state index in [-0.39, 0.29) is 37.3 Å². The van der Waals surface area contributed by atoms with Crippen LogP contribution in [0.2, 0.25) is 0 Å². The van der Waals surface area contributed by atoms with Gasteiger partial charge in [0, 0.05) is 24.8 Å². The Morgan fingerprint density at radius 3 is 2.73 bits per heavy atom. The molecule has 2 heterocycles. The van der Waals surface area contributed by atoms with E-state index in [4.69, 9.17) is 4.74 Å². The molecule has 2 aliphatic heterocycles. The number of carbonyl (C=O) groups is 3. The number of benzene rings is 1. The lowest BCUT2D eigenvalue weighted by molar-refractivity contribution is -0.142. The van der Waals surface area contributed by atoms with Crippen molar-refractivity contribution in [2.24, 2.45) is 5.41 Å². The van der Waals surface area contributed by atoms with Gasteiger partial charge in [0.1, 0.15) is 18.5 Å². The van der Waals surface area contributed by atoms with Crippen LogP contribution in [0.25, 0.3) is 0 Å². The first kappa shape index (κ1) is 18.7. The summed E-state index contributed by atoms with van der Waals surface area (Å²) < 4.78 is 5.51. The number of amides is 3.